The lowest BCUT2D eigenvalue weighted by molar-refractivity contribution is -0.121. The summed E-state index contributed by atoms with van der Waals surface area (Å²) in [5.41, 5.74) is 1.13. The monoisotopic (exact) mass is 495 g/mol. The summed E-state index contributed by atoms with van der Waals surface area (Å²) in [6.07, 6.45) is 1.87. The zero-order valence-electron chi connectivity index (χ0n) is 18.5. The molecule has 0 radical (unpaired) electrons. The van der Waals surface area contributed by atoms with Crippen molar-refractivity contribution in [1.82, 2.24) is 9.97 Å². The first-order chi connectivity index (χ1) is 17.0. The largest absolute Gasteiger partial charge is 0.493 e. The number of aliphatic hydroxyl groups is 1. The summed E-state index contributed by atoms with van der Waals surface area (Å²) < 4.78 is 30.4. The number of nitrogens with one attached hydrogen (secondary N) is 1. The minimum atomic E-state index is -0.522. The maximum Gasteiger partial charge on any atom is 0.291 e. The Kier molecular flexibility index (Phi) is 7.45. The highest BCUT2D eigenvalue weighted by atomic mass is 35.5. The van der Waals surface area contributed by atoms with Crippen LogP contribution in [0.2, 0.25) is 5.02 Å². The molecular weight excluding hydrogens is 477 g/mol. The number of furan rings is 1. The molecule has 0 spiro atoms. The molecule has 10 heteroatoms. The number of Topliss-reactive ketones (excluding diaryl/α,β-unsaturated/α-hetero) is 1. The van der Waals surface area contributed by atoms with E-state index in [0.29, 0.717) is 46.1 Å². The number of halogens is 2. The van der Waals surface area contributed by atoms with Crippen molar-refractivity contribution in [3.05, 3.63) is 65.4 Å². The van der Waals surface area contributed by atoms with Crippen LogP contribution in [-0.2, 0) is 4.79 Å². The van der Waals surface area contributed by atoms with Gasteiger partial charge < -0.3 is 24.3 Å². The Morgan fingerprint density at radius 2 is 2.06 bits per heavy atom. The van der Waals surface area contributed by atoms with Crippen LogP contribution in [0.1, 0.15) is 18.6 Å². The van der Waals surface area contributed by atoms with Gasteiger partial charge in [-0.3, -0.25) is 4.79 Å². The molecule has 2 heterocycles. The van der Waals surface area contributed by atoms with Crippen molar-refractivity contribution in [2.45, 2.75) is 12.8 Å². The average Bonchev–Trinajstić information content (AvgIpc) is 3.31. The van der Waals surface area contributed by atoms with Gasteiger partial charge in [0.15, 0.2) is 23.0 Å². The summed E-state index contributed by atoms with van der Waals surface area (Å²) in [6.45, 7) is -0.492. The first-order valence-corrected chi connectivity index (χ1v) is 10.8. The van der Waals surface area contributed by atoms with Gasteiger partial charge in [-0.2, -0.15) is 0 Å². The molecular formula is C25H19ClFN3O5. The highest BCUT2D eigenvalue weighted by Crippen LogP contribution is 2.37. The van der Waals surface area contributed by atoms with Crippen LogP contribution in [0.5, 0.6) is 17.4 Å². The number of methoxy groups -OCH3 is 1. The second-order valence-electron chi connectivity index (χ2n) is 7.22. The van der Waals surface area contributed by atoms with E-state index in [1.54, 1.807) is 30.3 Å². The lowest BCUT2D eigenvalue weighted by Gasteiger charge is -2.13. The number of ether oxygens (including phenoxy) is 2. The van der Waals surface area contributed by atoms with Gasteiger partial charge in [0, 0.05) is 36.0 Å². The van der Waals surface area contributed by atoms with Crippen molar-refractivity contribution in [2.75, 3.05) is 19.0 Å². The van der Waals surface area contributed by atoms with E-state index >= 15 is 0 Å². The van der Waals surface area contributed by atoms with Crippen molar-refractivity contribution in [1.29, 1.82) is 0 Å². The number of hydrogen-bond acceptors (Lipinski definition) is 8. The highest BCUT2D eigenvalue weighted by Gasteiger charge is 2.14. The minimum absolute atomic E-state index is 0.0178. The Morgan fingerprint density at radius 1 is 1.20 bits per heavy atom. The first kappa shape index (κ1) is 24.0. The number of aliphatic hydroxyl groups excluding tert-OH is 1. The van der Waals surface area contributed by atoms with Crippen LogP contribution in [-0.4, -0.2) is 34.6 Å². The van der Waals surface area contributed by atoms with E-state index in [0.717, 1.165) is 0 Å². The van der Waals surface area contributed by atoms with Gasteiger partial charge in [-0.15, -0.1) is 0 Å². The van der Waals surface area contributed by atoms with Crippen molar-refractivity contribution in [2.24, 2.45) is 0 Å². The van der Waals surface area contributed by atoms with E-state index in [-0.39, 0.29) is 23.2 Å². The van der Waals surface area contributed by atoms with Crippen LogP contribution < -0.4 is 14.8 Å². The lowest BCUT2D eigenvalue weighted by atomic mass is 10.2. The van der Waals surface area contributed by atoms with Gasteiger partial charge in [-0.1, -0.05) is 17.5 Å². The van der Waals surface area contributed by atoms with Crippen molar-refractivity contribution in [3.8, 4) is 29.3 Å². The van der Waals surface area contributed by atoms with E-state index in [1.165, 1.54) is 25.6 Å². The van der Waals surface area contributed by atoms with Gasteiger partial charge in [0.25, 0.3) is 5.95 Å². The van der Waals surface area contributed by atoms with Crippen LogP contribution in [0.3, 0.4) is 0 Å². The molecule has 178 valence electrons. The number of carbonyl (C=O) groups is 1. The van der Waals surface area contributed by atoms with Crippen LogP contribution in [0.4, 0.5) is 15.9 Å². The molecule has 2 aromatic carbocycles. The summed E-state index contributed by atoms with van der Waals surface area (Å²) in [7, 11) is 1.50. The lowest BCUT2D eigenvalue weighted by Crippen LogP contribution is -2.01. The van der Waals surface area contributed by atoms with Crippen molar-refractivity contribution in [3.63, 3.8) is 0 Å². The maximum atomic E-state index is 13.5. The molecule has 0 fully saturated rings. The fraction of sp³-hybridized carbons (Fsp3) is 0.160. The standard InChI is InChI=1S/C25H19ClFN3O5/c1-33-22-12-21-18(25(29-14-28-21)30-15-6-8-20(27)19(26)10-15)11-23(22)35-24-9-7-17(34-24)5-3-2-4-16(32)13-31/h6-12,14,31H,2,4,13H2,1H3,(H,28,29,30). The molecule has 0 bridgehead atoms. The van der Waals surface area contributed by atoms with Crippen LogP contribution >= 0.6 is 11.6 Å². The number of aromatic nitrogens is 2. The fourth-order valence-electron chi connectivity index (χ4n) is 3.09. The van der Waals surface area contributed by atoms with E-state index in [9.17, 15) is 9.18 Å². The fourth-order valence-corrected chi connectivity index (χ4v) is 3.28. The first-order valence-electron chi connectivity index (χ1n) is 10.4. The Labute approximate surface area is 204 Å². The molecule has 0 saturated carbocycles. The molecule has 0 aliphatic rings. The number of nitrogens with zero attached hydrogens (tertiary/aromatic N) is 2. The Bertz CT molecular complexity index is 1440. The number of anilines is 2. The van der Waals surface area contributed by atoms with Crippen molar-refractivity contribution >= 4 is 39.8 Å². The molecule has 0 saturated heterocycles. The predicted octanol–water partition coefficient (Wildman–Crippen LogP) is 5.25. The summed E-state index contributed by atoms with van der Waals surface area (Å²) in [5, 5.41) is 12.4. The minimum Gasteiger partial charge on any atom is -0.493 e. The van der Waals surface area contributed by atoms with E-state index in [4.69, 9.17) is 30.6 Å². The SMILES string of the molecule is COc1cc2ncnc(Nc3ccc(F)c(Cl)c3)c2cc1Oc1ccc(C#CCCC(=O)CO)o1. The van der Waals surface area contributed by atoms with Crippen LogP contribution in [0.25, 0.3) is 10.9 Å². The number of benzene rings is 2. The van der Waals surface area contributed by atoms with Gasteiger partial charge >= 0.3 is 0 Å². The summed E-state index contributed by atoms with van der Waals surface area (Å²) >= 11 is 5.89. The number of rotatable bonds is 8. The van der Waals surface area contributed by atoms with Gasteiger partial charge in [-0.05, 0) is 36.3 Å². The van der Waals surface area contributed by atoms with Crippen LogP contribution in [0, 0.1) is 17.7 Å². The summed E-state index contributed by atoms with van der Waals surface area (Å²) in [6, 6.07) is 10.9. The molecule has 0 aliphatic carbocycles. The maximum absolute atomic E-state index is 13.5. The molecule has 35 heavy (non-hydrogen) atoms. The quantitative estimate of drug-likeness (QED) is 0.319. The molecule has 4 rings (SSSR count). The third kappa shape index (κ3) is 5.87. The zero-order chi connectivity index (χ0) is 24.8. The van der Waals surface area contributed by atoms with Crippen molar-refractivity contribution < 1.29 is 28.2 Å². The average molecular weight is 496 g/mol. The molecule has 0 amide bonds. The molecule has 0 unspecified atom stereocenters. The smallest absolute Gasteiger partial charge is 0.291 e. The Balaban J connectivity index is 1.59. The molecule has 0 aliphatic heterocycles. The Morgan fingerprint density at radius 3 is 2.83 bits per heavy atom. The Hall–Kier alpha value is -4.13. The predicted molar refractivity (Wildman–Crippen MR) is 128 cm³/mol. The highest BCUT2D eigenvalue weighted by molar-refractivity contribution is 6.31. The van der Waals surface area contributed by atoms with E-state index in [2.05, 4.69) is 27.1 Å². The molecule has 4 aromatic rings. The van der Waals surface area contributed by atoms with Gasteiger partial charge in [0.05, 0.1) is 17.6 Å². The second-order valence-corrected chi connectivity index (χ2v) is 7.62. The molecule has 0 atom stereocenters. The topological polar surface area (TPSA) is 107 Å². The normalized spacial score (nSPS) is 10.5. The summed E-state index contributed by atoms with van der Waals surface area (Å²) in [4.78, 5) is 19.7. The van der Waals surface area contributed by atoms with Gasteiger partial charge in [0.2, 0.25) is 0 Å². The molecule has 8 nitrogen and oxygen atoms in total. The van der Waals surface area contributed by atoms with Crippen LogP contribution in [0.15, 0.2) is 53.2 Å². The second kappa shape index (κ2) is 10.9. The zero-order valence-corrected chi connectivity index (χ0v) is 19.2. The van der Waals surface area contributed by atoms with Gasteiger partial charge in [0.1, 0.15) is 24.6 Å². The van der Waals surface area contributed by atoms with E-state index < -0.39 is 12.4 Å². The number of ketones is 1. The third-order valence-corrected chi connectivity index (χ3v) is 5.10. The molecule has 2 aromatic heterocycles. The number of hydrogen-bond donors (Lipinski definition) is 2. The summed E-state index contributed by atoms with van der Waals surface area (Å²) in [5.74, 6) is 6.57. The number of carbonyl (C=O) groups excluding carboxylic acids is 1. The third-order valence-electron chi connectivity index (χ3n) is 4.81. The van der Waals surface area contributed by atoms with E-state index in [1.807, 2.05) is 0 Å². The van der Waals surface area contributed by atoms with Gasteiger partial charge in [-0.25, -0.2) is 14.4 Å². The number of fused-ring (bicyclic) bond motifs is 1. The molecule has 2 N–H and O–H groups in total.